The molecule has 128 valence electrons. The number of aryl methyl sites for hydroxylation is 1. The van der Waals surface area contributed by atoms with E-state index in [0.29, 0.717) is 11.6 Å². The lowest BCUT2D eigenvalue weighted by Gasteiger charge is -2.09. The number of anilines is 1. The Morgan fingerprint density at radius 3 is 2.40 bits per heavy atom. The Kier molecular flexibility index (Phi) is 5.36. The average molecular weight is 355 g/mol. The molecule has 0 aliphatic carbocycles. The molecule has 0 unspecified atom stereocenters. The van der Waals surface area contributed by atoms with Crippen molar-refractivity contribution in [1.82, 2.24) is 14.9 Å². The lowest BCUT2D eigenvalue weighted by molar-refractivity contribution is 0.251. The molecule has 25 heavy (non-hydrogen) atoms. The van der Waals surface area contributed by atoms with Gasteiger partial charge in [0.15, 0.2) is 0 Å². The number of rotatable bonds is 5. The molecule has 2 amide bonds. The van der Waals surface area contributed by atoms with Crippen molar-refractivity contribution in [1.29, 1.82) is 0 Å². The number of nitrogens with one attached hydrogen (secondary N) is 2. The summed E-state index contributed by atoms with van der Waals surface area (Å²) in [4.78, 5) is 16.2. The number of aromatic nitrogens is 2. The third-order valence-corrected chi connectivity index (χ3v) is 4.11. The quantitative estimate of drug-likeness (QED) is 0.720. The van der Waals surface area contributed by atoms with E-state index in [4.69, 9.17) is 11.6 Å². The number of amides is 2. The first-order chi connectivity index (χ1) is 12.1. The Labute approximate surface area is 151 Å². The normalized spacial score (nSPS) is 10.5. The van der Waals surface area contributed by atoms with Gasteiger partial charge in [-0.3, -0.25) is 0 Å². The minimum Gasteiger partial charge on any atom is -0.334 e. The van der Waals surface area contributed by atoms with Gasteiger partial charge in [0.2, 0.25) is 0 Å². The van der Waals surface area contributed by atoms with Gasteiger partial charge in [-0.2, -0.15) is 0 Å². The summed E-state index contributed by atoms with van der Waals surface area (Å²) in [6, 6.07) is 14.9. The molecule has 0 aliphatic heterocycles. The number of nitrogens with zero attached hydrogens (tertiary/aromatic N) is 2. The van der Waals surface area contributed by atoms with Crippen LogP contribution in [0.5, 0.6) is 0 Å². The molecule has 0 aliphatic rings. The molecule has 0 saturated carbocycles. The van der Waals surface area contributed by atoms with Crippen LogP contribution in [0.4, 0.5) is 10.5 Å². The van der Waals surface area contributed by atoms with Crippen molar-refractivity contribution in [3.63, 3.8) is 0 Å². The van der Waals surface area contributed by atoms with Crippen LogP contribution >= 0.6 is 11.6 Å². The van der Waals surface area contributed by atoms with Gasteiger partial charge in [-0.05, 0) is 42.3 Å². The van der Waals surface area contributed by atoms with E-state index in [0.717, 1.165) is 29.2 Å². The third-order valence-electron chi connectivity index (χ3n) is 3.85. The number of hydrogen-bond donors (Lipinski definition) is 2. The van der Waals surface area contributed by atoms with E-state index < -0.39 is 0 Å². The smallest absolute Gasteiger partial charge is 0.319 e. The van der Waals surface area contributed by atoms with Gasteiger partial charge in [0.1, 0.15) is 5.82 Å². The van der Waals surface area contributed by atoms with E-state index in [2.05, 4.69) is 20.2 Å². The summed E-state index contributed by atoms with van der Waals surface area (Å²) in [5.41, 5.74) is 2.89. The van der Waals surface area contributed by atoms with Crippen molar-refractivity contribution in [2.24, 2.45) is 0 Å². The second-order valence-corrected chi connectivity index (χ2v) is 6.17. The van der Waals surface area contributed by atoms with Crippen LogP contribution in [-0.2, 0) is 13.1 Å². The highest BCUT2D eigenvalue weighted by Crippen LogP contribution is 2.12. The first-order valence-corrected chi connectivity index (χ1v) is 8.34. The van der Waals surface area contributed by atoms with E-state index in [1.807, 2.05) is 49.5 Å². The molecule has 0 saturated heterocycles. The number of halogens is 1. The van der Waals surface area contributed by atoms with Crippen molar-refractivity contribution in [2.75, 3.05) is 5.32 Å². The molecule has 2 aromatic carbocycles. The Hall–Kier alpha value is -2.79. The number of benzene rings is 2. The molecular formula is C19H19ClN4O. The van der Waals surface area contributed by atoms with Gasteiger partial charge in [-0.15, -0.1) is 0 Å². The second-order valence-electron chi connectivity index (χ2n) is 5.73. The Balaban J connectivity index is 1.51. The minimum absolute atomic E-state index is 0.242. The zero-order valence-electron chi connectivity index (χ0n) is 13.9. The highest BCUT2D eigenvalue weighted by molar-refractivity contribution is 6.30. The standard InChI is InChI=1S/C19H19ClN4O/c1-14-21-10-11-24(14)13-16-4-8-18(9-5-16)23-19(25)22-12-15-2-6-17(20)7-3-15/h2-11H,12-13H2,1H3,(H2,22,23,25). The molecule has 0 fully saturated rings. The molecule has 0 atom stereocenters. The van der Waals surface area contributed by atoms with Crippen LogP contribution < -0.4 is 10.6 Å². The van der Waals surface area contributed by atoms with E-state index >= 15 is 0 Å². The molecule has 3 aromatic rings. The lowest BCUT2D eigenvalue weighted by atomic mass is 10.2. The molecule has 0 spiro atoms. The fourth-order valence-corrected chi connectivity index (χ4v) is 2.55. The van der Waals surface area contributed by atoms with Gasteiger partial charge in [0, 0.05) is 36.2 Å². The van der Waals surface area contributed by atoms with Crippen LogP contribution in [0.3, 0.4) is 0 Å². The highest BCUT2D eigenvalue weighted by Gasteiger charge is 2.03. The number of imidazole rings is 1. The van der Waals surface area contributed by atoms with E-state index in [1.54, 1.807) is 18.3 Å². The van der Waals surface area contributed by atoms with Crippen molar-refractivity contribution in [3.05, 3.63) is 82.9 Å². The summed E-state index contributed by atoms with van der Waals surface area (Å²) in [5.74, 6) is 0.976. The molecule has 3 rings (SSSR count). The number of hydrogen-bond acceptors (Lipinski definition) is 2. The predicted octanol–water partition coefficient (Wildman–Crippen LogP) is 4.21. The van der Waals surface area contributed by atoms with Gasteiger partial charge in [0.25, 0.3) is 0 Å². The van der Waals surface area contributed by atoms with Crippen molar-refractivity contribution >= 4 is 23.3 Å². The highest BCUT2D eigenvalue weighted by atomic mass is 35.5. The van der Waals surface area contributed by atoms with Crippen LogP contribution in [0.2, 0.25) is 5.02 Å². The topological polar surface area (TPSA) is 59.0 Å². The molecule has 5 nitrogen and oxygen atoms in total. The fourth-order valence-electron chi connectivity index (χ4n) is 2.42. The van der Waals surface area contributed by atoms with E-state index in [1.165, 1.54) is 0 Å². The summed E-state index contributed by atoms with van der Waals surface area (Å²) in [5, 5.41) is 6.33. The van der Waals surface area contributed by atoms with Crippen molar-refractivity contribution < 1.29 is 4.79 Å². The van der Waals surface area contributed by atoms with E-state index in [-0.39, 0.29) is 6.03 Å². The third kappa shape index (κ3) is 4.84. The summed E-state index contributed by atoms with van der Waals surface area (Å²) < 4.78 is 2.07. The summed E-state index contributed by atoms with van der Waals surface area (Å²) in [6.07, 6.45) is 3.74. The van der Waals surface area contributed by atoms with Gasteiger partial charge in [0.05, 0.1) is 0 Å². The summed E-state index contributed by atoms with van der Waals surface area (Å²) >= 11 is 5.84. The van der Waals surface area contributed by atoms with Crippen LogP contribution in [-0.4, -0.2) is 15.6 Å². The Morgan fingerprint density at radius 2 is 1.76 bits per heavy atom. The number of urea groups is 1. The maximum absolute atomic E-state index is 12.0. The molecule has 1 heterocycles. The Bertz CT molecular complexity index is 841. The first kappa shape index (κ1) is 17.0. The maximum atomic E-state index is 12.0. The van der Waals surface area contributed by atoms with Gasteiger partial charge in [-0.1, -0.05) is 35.9 Å². The zero-order chi connectivity index (χ0) is 17.6. The minimum atomic E-state index is -0.242. The maximum Gasteiger partial charge on any atom is 0.319 e. The monoisotopic (exact) mass is 354 g/mol. The molecule has 2 N–H and O–H groups in total. The zero-order valence-corrected chi connectivity index (χ0v) is 14.6. The van der Waals surface area contributed by atoms with Crippen LogP contribution in [0.15, 0.2) is 60.9 Å². The molecule has 1 aromatic heterocycles. The Morgan fingerprint density at radius 1 is 1.08 bits per heavy atom. The van der Waals surface area contributed by atoms with Gasteiger partial charge < -0.3 is 15.2 Å². The van der Waals surface area contributed by atoms with Crippen molar-refractivity contribution in [2.45, 2.75) is 20.0 Å². The van der Waals surface area contributed by atoms with Crippen LogP contribution in [0.25, 0.3) is 0 Å². The average Bonchev–Trinajstić information content (AvgIpc) is 3.01. The molecule has 6 heteroatoms. The molecule has 0 bridgehead atoms. The number of carbonyl (C=O) groups is 1. The fraction of sp³-hybridized carbons (Fsp3) is 0.158. The van der Waals surface area contributed by atoms with E-state index in [9.17, 15) is 4.79 Å². The summed E-state index contributed by atoms with van der Waals surface area (Å²) in [7, 11) is 0. The van der Waals surface area contributed by atoms with Crippen LogP contribution in [0.1, 0.15) is 17.0 Å². The van der Waals surface area contributed by atoms with Gasteiger partial charge in [-0.25, -0.2) is 9.78 Å². The number of carbonyl (C=O) groups excluding carboxylic acids is 1. The summed E-state index contributed by atoms with van der Waals surface area (Å²) in [6.45, 7) is 3.18. The SMILES string of the molecule is Cc1nccn1Cc1ccc(NC(=O)NCc2ccc(Cl)cc2)cc1. The largest absolute Gasteiger partial charge is 0.334 e. The second kappa shape index (κ2) is 7.85. The van der Waals surface area contributed by atoms with Crippen molar-refractivity contribution in [3.8, 4) is 0 Å². The first-order valence-electron chi connectivity index (χ1n) is 7.96. The molecule has 0 radical (unpaired) electrons. The molecular weight excluding hydrogens is 336 g/mol. The predicted molar refractivity (Wildman–Crippen MR) is 99.8 cm³/mol. The lowest BCUT2D eigenvalue weighted by Crippen LogP contribution is -2.28. The van der Waals surface area contributed by atoms with Crippen LogP contribution in [0, 0.1) is 6.92 Å². The van der Waals surface area contributed by atoms with Gasteiger partial charge >= 0.3 is 6.03 Å².